The van der Waals surface area contributed by atoms with Crippen LogP contribution >= 0.6 is 15.9 Å². The average Bonchev–Trinajstić information content (AvgIpc) is 2.70. The van der Waals surface area contributed by atoms with Gasteiger partial charge in [0.2, 0.25) is 0 Å². The Bertz CT molecular complexity index is 527. The maximum Gasteiger partial charge on any atom is 0.174 e. The van der Waals surface area contributed by atoms with E-state index < -0.39 is 0 Å². The second-order valence-corrected chi connectivity index (χ2v) is 4.82. The zero-order chi connectivity index (χ0) is 12.6. The Morgan fingerprint density at radius 1 is 1.29 bits per heavy atom. The highest BCUT2D eigenvalue weighted by Gasteiger charge is 2.16. The Hall–Kier alpha value is -1.13. The summed E-state index contributed by atoms with van der Waals surface area (Å²) in [5.41, 5.74) is 9.09. The molecule has 4 heteroatoms. The molecule has 0 fully saturated rings. The number of nitrogens with two attached hydrogens (primary N) is 1. The Morgan fingerprint density at radius 2 is 1.88 bits per heavy atom. The van der Waals surface area contributed by atoms with Gasteiger partial charge in [-0.3, -0.25) is 0 Å². The van der Waals surface area contributed by atoms with Crippen LogP contribution in [0.2, 0.25) is 0 Å². The van der Waals surface area contributed by atoms with E-state index in [1.54, 1.807) is 32.2 Å². The molecule has 1 heterocycles. The molecule has 1 atom stereocenters. The van der Waals surface area contributed by atoms with E-state index in [1.807, 2.05) is 6.07 Å². The molecular formula is C13H13BrFNO. The minimum atomic E-state index is -0.318. The predicted molar refractivity (Wildman–Crippen MR) is 68.3 cm³/mol. The summed E-state index contributed by atoms with van der Waals surface area (Å²) in [6, 6.07) is 5.03. The summed E-state index contributed by atoms with van der Waals surface area (Å²) in [5.74, 6) is -0.174. The third-order valence-corrected chi connectivity index (χ3v) is 3.44. The maximum atomic E-state index is 13.5. The van der Waals surface area contributed by atoms with Crippen LogP contribution in [-0.2, 0) is 0 Å². The van der Waals surface area contributed by atoms with Gasteiger partial charge in [0.15, 0.2) is 4.67 Å². The molecule has 1 aromatic carbocycles. The fourth-order valence-corrected chi connectivity index (χ4v) is 2.35. The van der Waals surface area contributed by atoms with Gasteiger partial charge in [0.1, 0.15) is 5.82 Å². The van der Waals surface area contributed by atoms with Gasteiger partial charge in [-0.05, 0) is 52.5 Å². The van der Waals surface area contributed by atoms with Gasteiger partial charge in [-0.25, -0.2) is 4.39 Å². The Labute approximate surface area is 108 Å². The van der Waals surface area contributed by atoms with Crippen molar-refractivity contribution in [2.45, 2.75) is 19.9 Å². The normalized spacial score (nSPS) is 12.8. The topological polar surface area (TPSA) is 39.2 Å². The van der Waals surface area contributed by atoms with Crippen LogP contribution in [-0.4, -0.2) is 0 Å². The first-order valence-corrected chi connectivity index (χ1v) is 6.05. The van der Waals surface area contributed by atoms with Crippen molar-refractivity contribution in [3.63, 3.8) is 0 Å². The Balaban J connectivity index is 2.45. The van der Waals surface area contributed by atoms with Gasteiger partial charge in [0.05, 0.1) is 12.3 Å². The number of furan rings is 1. The van der Waals surface area contributed by atoms with E-state index in [1.165, 1.54) is 0 Å². The number of hydrogen-bond donors (Lipinski definition) is 1. The van der Waals surface area contributed by atoms with Crippen molar-refractivity contribution in [1.82, 2.24) is 0 Å². The molecule has 0 radical (unpaired) electrons. The van der Waals surface area contributed by atoms with Crippen LogP contribution in [0.4, 0.5) is 4.39 Å². The molecule has 1 aromatic heterocycles. The standard InChI is InChI=1S/C13H13BrFNO/c1-7-5-9(6-8(2)11(7)15)12(16)10-3-4-17-13(10)14/h3-6,12H,16H2,1-2H3. The third kappa shape index (κ3) is 2.28. The lowest BCUT2D eigenvalue weighted by atomic mass is 9.98. The van der Waals surface area contributed by atoms with Gasteiger partial charge < -0.3 is 10.2 Å². The molecule has 0 aliphatic carbocycles. The summed E-state index contributed by atoms with van der Waals surface area (Å²) in [5, 5.41) is 0. The average molecular weight is 298 g/mol. The van der Waals surface area contributed by atoms with Crippen LogP contribution in [0.5, 0.6) is 0 Å². The van der Waals surface area contributed by atoms with Gasteiger partial charge >= 0.3 is 0 Å². The largest absolute Gasteiger partial charge is 0.457 e. The fourth-order valence-electron chi connectivity index (χ4n) is 1.87. The van der Waals surface area contributed by atoms with Crippen LogP contribution < -0.4 is 5.73 Å². The van der Waals surface area contributed by atoms with Crippen molar-refractivity contribution >= 4 is 15.9 Å². The molecule has 0 saturated heterocycles. The first kappa shape index (κ1) is 12.3. The molecule has 0 spiro atoms. The first-order valence-electron chi connectivity index (χ1n) is 5.26. The molecule has 2 rings (SSSR count). The quantitative estimate of drug-likeness (QED) is 0.914. The summed E-state index contributed by atoms with van der Waals surface area (Å²) in [6.07, 6.45) is 1.57. The van der Waals surface area contributed by atoms with Crippen LogP contribution in [0.25, 0.3) is 0 Å². The maximum absolute atomic E-state index is 13.5. The summed E-state index contributed by atoms with van der Waals surface area (Å²) < 4.78 is 19.3. The summed E-state index contributed by atoms with van der Waals surface area (Å²) in [4.78, 5) is 0. The van der Waals surface area contributed by atoms with E-state index in [4.69, 9.17) is 10.2 Å². The van der Waals surface area contributed by atoms with E-state index in [0.29, 0.717) is 15.8 Å². The molecule has 17 heavy (non-hydrogen) atoms. The zero-order valence-corrected chi connectivity index (χ0v) is 11.2. The van der Waals surface area contributed by atoms with Crippen molar-refractivity contribution < 1.29 is 8.81 Å². The van der Waals surface area contributed by atoms with Crippen LogP contribution in [0, 0.1) is 19.7 Å². The highest BCUT2D eigenvalue weighted by Crippen LogP contribution is 2.29. The smallest absolute Gasteiger partial charge is 0.174 e. The summed E-state index contributed by atoms with van der Waals surface area (Å²) >= 11 is 3.29. The number of rotatable bonds is 2. The number of benzene rings is 1. The molecular weight excluding hydrogens is 285 g/mol. The van der Waals surface area contributed by atoms with Gasteiger partial charge in [0.25, 0.3) is 0 Å². The summed E-state index contributed by atoms with van der Waals surface area (Å²) in [6.45, 7) is 3.48. The molecule has 2 aromatic rings. The second kappa shape index (κ2) is 4.63. The van der Waals surface area contributed by atoms with Crippen molar-refractivity contribution in [3.8, 4) is 0 Å². The molecule has 2 nitrogen and oxygen atoms in total. The fraction of sp³-hybridized carbons (Fsp3) is 0.231. The first-order chi connectivity index (χ1) is 8.00. The lowest BCUT2D eigenvalue weighted by Gasteiger charge is -2.13. The number of halogens is 2. The highest BCUT2D eigenvalue weighted by atomic mass is 79.9. The SMILES string of the molecule is Cc1cc(C(N)c2ccoc2Br)cc(C)c1F. The highest BCUT2D eigenvalue weighted by molar-refractivity contribution is 9.10. The van der Waals surface area contributed by atoms with E-state index in [-0.39, 0.29) is 11.9 Å². The minimum Gasteiger partial charge on any atom is -0.457 e. The molecule has 0 amide bonds. The molecule has 0 saturated carbocycles. The summed E-state index contributed by atoms with van der Waals surface area (Å²) in [7, 11) is 0. The molecule has 0 aliphatic heterocycles. The lowest BCUT2D eigenvalue weighted by molar-refractivity contribution is 0.534. The zero-order valence-electron chi connectivity index (χ0n) is 9.63. The molecule has 1 unspecified atom stereocenters. The molecule has 90 valence electrons. The third-order valence-electron chi connectivity index (χ3n) is 2.80. The van der Waals surface area contributed by atoms with Gasteiger partial charge in [0, 0.05) is 5.56 Å². The minimum absolute atomic E-state index is 0.174. The monoisotopic (exact) mass is 297 g/mol. The van der Waals surface area contributed by atoms with Crippen molar-refractivity contribution in [2.75, 3.05) is 0 Å². The lowest BCUT2D eigenvalue weighted by Crippen LogP contribution is -2.12. The van der Waals surface area contributed by atoms with E-state index >= 15 is 0 Å². The van der Waals surface area contributed by atoms with E-state index in [9.17, 15) is 4.39 Å². The van der Waals surface area contributed by atoms with Crippen LogP contribution in [0.15, 0.2) is 33.5 Å². The Morgan fingerprint density at radius 3 is 2.35 bits per heavy atom. The van der Waals surface area contributed by atoms with E-state index in [0.717, 1.165) is 11.1 Å². The Kier molecular flexibility index (Phi) is 3.35. The number of hydrogen-bond acceptors (Lipinski definition) is 2. The van der Waals surface area contributed by atoms with Gasteiger partial charge in [-0.1, -0.05) is 12.1 Å². The second-order valence-electron chi connectivity index (χ2n) is 4.10. The predicted octanol–water partition coefficient (Wildman–Crippen LogP) is 3.85. The molecule has 2 N–H and O–H groups in total. The van der Waals surface area contributed by atoms with Gasteiger partial charge in [-0.15, -0.1) is 0 Å². The van der Waals surface area contributed by atoms with Crippen molar-refractivity contribution in [2.24, 2.45) is 5.73 Å². The van der Waals surface area contributed by atoms with Crippen LogP contribution in [0.3, 0.4) is 0 Å². The number of aryl methyl sites for hydroxylation is 2. The van der Waals surface area contributed by atoms with Gasteiger partial charge in [-0.2, -0.15) is 0 Å². The van der Waals surface area contributed by atoms with Crippen molar-refractivity contribution in [3.05, 3.63) is 57.2 Å². The van der Waals surface area contributed by atoms with Crippen LogP contribution in [0.1, 0.15) is 28.3 Å². The van der Waals surface area contributed by atoms with E-state index in [2.05, 4.69) is 15.9 Å². The molecule has 0 aliphatic rings. The van der Waals surface area contributed by atoms with Crippen molar-refractivity contribution in [1.29, 1.82) is 0 Å². The molecule has 0 bridgehead atoms.